The summed E-state index contributed by atoms with van der Waals surface area (Å²) in [5.41, 5.74) is 12.2. The lowest BCUT2D eigenvalue weighted by Gasteiger charge is -2.39. The van der Waals surface area contributed by atoms with Crippen molar-refractivity contribution in [1.29, 1.82) is 0 Å². The van der Waals surface area contributed by atoms with Crippen molar-refractivity contribution in [3.05, 3.63) is 124 Å². The third kappa shape index (κ3) is 10.2. The van der Waals surface area contributed by atoms with Crippen molar-refractivity contribution >= 4 is 42.6 Å². The van der Waals surface area contributed by atoms with Crippen LogP contribution in [0.3, 0.4) is 0 Å². The number of phenolic OH excluding ortho intramolecular Hbond substituents is 1. The number of nitrogens with two attached hydrogens (primary N) is 1. The Morgan fingerprint density at radius 3 is 2.29 bits per heavy atom. The number of aryl methyl sites for hydroxylation is 1. The van der Waals surface area contributed by atoms with E-state index in [4.69, 9.17) is 10.2 Å². The van der Waals surface area contributed by atoms with Gasteiger partial charge in [-0.15, -0.1) is 0 Å². The number of nitrogens with one attached hydrogen (secondary N) is 3. The van der Waals surface area contributed by atoms with E-state index in [1.165, 1.54) is 11.0 Å². The Balaban J connectivity index is 1.10. The molecule has 5 aromatic rings. The van der Waals surface area contributed by atoms with Crippen LogP contribution in [0.2, 0.25) is 18.1 Å². The molecule has 1 aromatic heterocycles. The van der Waals surface area contributed by atoms with Crippen LogP contribution in [0.15, 0.2) is 102 Å². The molecule has 1 fully saturated rings. The number of pyridine rings is 1. The third-order valence-electron chi connectivity index (χ3n) is 11.8. The average molecular weight is 804 g/mol. The van der Waals surface area contributed by atoms with Gasteiger partial charge in [-0.05, 0) is 103 Å². The molecule has 0 radical (unpaired) electrons. The molecule has 4 aromatic carbocycles. The zero-order valence-corrected chi connectivity index (χ0v) is 35.2. The van der Waals surface area contributed by atoms with Crippen molar-refractivity contribution in [3.8, 4) is 16.9 Å². The highest BCUT2D eigenvalue weighted by atomic mass is 28.4. The SMILES string of the molecule is CC(C)(C)[Si](C)(C)O[C@@H](CNCc1ccc(NC(=O)CCc2ccc(-c3ccccc3)c(N(C(=O)O)C3CCC(N)CC3)c2)cc1)c1ccc(O)c2[nH]c(=O)ccc12. The van der Waals surface area contributed by atoms with Gasteiger partial charge in [-0.1, -0.05) is 81.4 Å². The Kier molecular flexibility index (Phi) is 13.2. The number of rotatable bonds is 14. The number of hydrogen-bond acceptors (Lipinski definition) is 7. The van der Waals surface area contributed by atoms with E-state index in [-0.39, 0.29) is 46.9 Å². The van der Waals surface area contributed by atoms with Crippen molar-refractivity contribution in [3.63, 3.8) is 0 Å². The standard InChI is InChI=1S/C46H57N5O6Si/c1-46(2,3)58(4,5)57-41(37-22-24-40(52)44-38(37)23-26-43(54)50-44)29-48-28-31-11-17-34(18-12-31)49-42(53)25-14-30-13-21-36(32-9-7-6-8-10-32)39(27-30)51(45(55)56)35-19-15-33(47)16-20-35/h6-13,17-18,21-24,26-27,33,35,41,48,52H,14-16,19-20,25,28-29,47H2,1-5H3,(H,49,53)(H,50,54)(H,55,56)/t33?,35?,41-/m0/s1. The van der Waals surface area contributed by atoms with Crippen molar-refractivity contribution in [2.45, 2.75) is 102 Å². The smallest absolute Gasteiger partial charge is 0.412 e. The number of hydrogen-bond donors (Lipinski definition) is 6. The second-order valence-electron chi connectivity index (χ2n) is 17.0. The summed E-state index contributed by atoms with van der Waals surface area (Å²) in [5, 5.41) is 28.2. The third-order valence-corrected chi connectivity index (χ3v) is 16.2. The Labute approximate surface area is 341 Å². The first-order chi connectivity index (χ1) is 27.6. The minimum absolute atomic E-state index is 0.0116. The van der Waals surface area contributed by atoms with Crippen molar-refractivity contribution in [2.75, 3.05) is 16.8 Å². The number of H-pyrrole nitrogens is 1. The van der Waals surface area contributed by atoms with Crippen LogP contribution in [0.25, 0.3) is 22.0 Å². The van der Waals surface area contributed by atoms with E-state index in [0.29, 0.717) is 49.2 Å². The molecule has 11 nitrogen and oxygen atoms in total. The van der Waals surface area contributed by atoms with Gasteiger partial charge in [0.05, 0.1) is 17.3 Å². The quantitative estimate of drug-likeness (QED) is 0.0604. The fourth-order valence-corrected chi connectivity index (χ4v) is 8.71. The molecule has 12 heteroatoms. The van der Waals surface area contributed by atoms with E-state index in [0.717, 1.165) is 46.0 Å². The molecule has 1 aliphatic rings. The number of aromatic nitrogens is 1. The van der Waals surface area contributed by atoms with Crippen LogP contribution >= 0.6 is 0 Å². The Hall–Kier alpha value is -5.27. The van der Waals surface area contributed by atoms with Gasteiger partial charge >= 0.3 is 6.09 Å². The molecule has 0 saturated heterocycles. The predicted molar refractivity (Wildman–Crippen MR) is 235 cm³/mol. The van der Waals surface area contributed by atoms with Gasteiger partial charge in [0.1, 0.15) is 5.75 Å². The van der Waals surface area contributed by atoms with E-state index in [9.17, 15) is 24.6 Å². The normalized spacial score (nSPS) is 16.5. The van der Waals surface area contributed by atoms with Gasteiger partial charge in [-0.3, -0.25) is 14.5 Å². The summed E-state index contributed by atoms with van der Waals surface area (Å²) in [6.07, 6.45) is 2.32. The van der Waals surface area contributed by atoms with Crippen LogP contribution in [-0.4, -0.2) is 54.1 Å². The lowest BCUT2D eigenvalue weighted by atomic mass is 9.89. The molecule has 6 rings (SSSR count). The van der Waals surface area contributed by atoms with E-state index in [1.54, 1.807) is 12.1 Å². The number of carbonyl (C=O) groups excluding carboxylic acids is 1. The zero-order chi connectivity index (χ0) is 41.6. The number of anilines is 2. The van der Waals surface area contributed by atoms with Gasteiger partial charge in [-0.25, -0.2) is 4.79 Å². The summed E-state index contributed by atoms with van der Waals surface area (Å²) in [6, 6.07) is 30.0. The number of carboxylic acid groups (broad SMARTS) is 1. The summed E-state index contributed by atoms with van der Waals surface area (Å²) in [4.78, 5) is 42.3. The number of benzene rings is 4. The Bertz CT molecular complexity index is 2260. The minimum atomic E-state index is -2.23. The predicted octanol–water partition coefficient (Wildman–Crippen LogP) is 9.08. The van der Waals surface area contributed by atoms with Crippen LogP contribution < -0.4 is 26.8 Å². The van der Waals surface area contributed by atoms with E-state index >= 15 is 0 Å². The van der Waals surface area contributed by atoms with Crippen LogP contribution in [0.4, 0.5) is 16.2 Å². The molecule has 0 unspecified atom stereocenters. The summed E-state index contributed by atoms with van der Waals surface area (Å²) in [7, 11) is -2.23. The number of fused-ring (bicyclic) bond motifs is 1. The van der Waals surface area contributed by atoms with Crippen LogP contribution in [-0.2, 0) is 22.2 Å². The van der Waals surface area contributed by atoms with Gasteiger partial charge in [0.25, 0.3) is 0 Å². The maximum absolute atomic E-state index is 13.2. The highest BCUT2D eigenvalue weighted by Gasteiger charge is 2.40. The molecule has 306 valence electrons. The molecule has 1 aliphatic carbocycles. The van der Waals surface area contributed by atoms with E-state index in [2.05, 4.69) is 49.5 Å². The van der Waals surface area contributed by atoms with E-state index in [1.807, 2.05) is 78.9 Å². The summed E-state index contributed by atoms with van der Waals surface area (Å²) >= 11 is 0. The lowest BCUT2D eigenvalue weighted by molar-refractivity contribution is -0.116. The largest absolute Gasteiger partial charge is 0.506 e. The molecule has 2 amide bonds. The molecule has 1 atom stereocenters. The van der Waals surface area contributed by atoms with Crippen LogP contribution in [0.1, 0.15) is 75.7 Å². The topological polar surface area (TPSA) is 170 Å². The second kappa shape index (κ2) is 18.1. The van der Waals surface area contributed by atoms with E-state index < -0.39 is 14.4 Å². The molecular weight excluding hydrogens is 747 g/mol. The fourth-order valence-electron chi connectivity index (χ4n) is 7.43. The van der Waals surface area contributed by atoms with Gasteiger partial charge in [0.15, 0.2) is 8.32 Å². The van der Waals surface area contributed by atoms with Gasteiger partial charge in [0.2, 0.25) is 11.5 Å². The van der Waals surface area contributed by atoms with Gasteiger partial charge in [0, 0.05) is 54.3 Å². The molecule has 0 aliphatic heterocycles. The highest BCUT2D eigenvalue weighted by molar-refractivity contribution is 6.74. The number of phenols is 1. The molecule has 0 spiro atoms. The second-order valence-corrected chi connectivity index (χ2v) is 21.7. The molecular formula is C46H57N5O6Si. The van der Waals surface area contributed by atoms with Crippen LogP contribution in [0, 0.1) is 0 Å². The van der Waals surface area contributed by atoms with Crippen LogP contribution in [0.5, 0.6) is 5.75 Å². The number of nitrogens with zero attached hydrogens (tertiary/aromatic N) is 1. The Morgan fingerprint density at radius 1 is 0.931 bits per heavy atom. The van der Waals surface area contributed by atoms with Gasteiger partial charge < -0.3 is 36.0 Å². The summed E-state index contributed by atoms with van der Waals surface area (Å²) in [6.45, 7) is 12.1. The van der Waals surface area contributed by atoms with Crippen molar-refractivity contribution < 1.29 is 24.2 Å². The average Bonchev–Trinajstić information content (AvgIpc) is 3.18. The Morgan fingerprint density at radius 2 is 1.62 bits per heavy atom. The summed E-state index contributed by atoms with van der Waals surface area (Å²) < 4.78 is 6.93. The summed E-state index contributed by atoms with van der Waals surface area (Å²) in [5.74, 6) is -0.124. The first kappa shape index (κ1) is 42.3. The highest BCUT2D eigenvalue weighted by Crippen LogP contribution is 2.41. The molecule has 7 N–H and O–H groups in total. The number of aromatic amines is 1. The molecule has 1 heterocycles. The minimum Gasteiger partial charge on any atom is -0.506 e. The monoisotopic (exact) mass is 803 g/mol. The zero-order valence-electron chi connectivity index (χ0n) is 34.2. The fraction of sp³-hybridized carbons (Fsp3) is 0.370. The number of carbonyl (C=O) groups is 2. The molecule has 1 saturated carbocycles. The maximum Gasteiger partial charge on any atom is 0.412 e. The van der Waals surface area contributed by atoms with Crippen molar-refractivity contribution in [2.24, 2.45) is 5.73 Å². The number of amides is 2. The lowest BCUT2D eigenvalue weighted by Crippen LogP contribution is -2.44. The number of aromatic hydroxyl groups is 1. The first-order valence-electron chi connectivity index (χ1n) is 20.2. The molecule has 58 heavy (non-hydrogen) atoms. The van der Waals surface area contributed by atoms with Gasteiger partial charge in [-0.2, -0.15) is 0 Å². The first-order valence-corrected chi connectivity index (χ1v) is 23.1. The molecule has 0 bridgehead atoms. The maximum atomic E-state index is 13.2. The van der Waals surface area contributed by atoms with Crippen molar-refractivity contribution in [1.82, 2.24) is 10.3 Å².